The molecule has 1 N–H and O–H groups in total. The van der Waals surface area contributed by atoms with Crippen LogP contribution in [0.25, 0.3) is 11.8 Å². The van der Waals surface area contributed by atoms with E-state index in [0.29, 0.717) is 11.3 Å². The summed E-state index contributed by atoms with van der Waals surface area (Å²) in [4.78, 5) is 11.7. The number of halogens is 1. The standard InChI is InChI=1S/C15H10FNO/c16-11-5-3-4-10(8-11)9-14-12-6-1-2-7-13(12)15(18)17-14/h1-9H,(H,17,18)/b14-9-. The van der Waals surface area contributed by atoms with Crippen LogP contribution in [0.15, 0.2) is 48.5 Å². The van der Waals surface area contributed by atoms with E-state index in [-0.39, 0.29) is 11.7 Å². The second-order valence-electron chi connectivity index (χ2n) is 4.11. The lowest BCUT2D eigenvalue weighted by molar-refractivity contribution is 0.0981. The number of carbonyl (C=O) groups excluding carboxylic acids is 1. The average molecular weight is 239 g/mol. The molecule has 0 saturated heterocycles. The monoisotopic (exact) mass is 239 g/mol. The number of rotatable bonds is 1. The lowest BCUT2D eigenvalue weighted by Crippen LogP contribution is -2.11. The van der Waals surface area contributed by atoms with Crippen LogP contribution in [0.1, 0.15) is 21.5 Å². The highest BCUT2D eigenvalue weighted by Crippen LogP contribution is 2.25. The van der Waals surface area contributed by atoms with E-state index < -0.39 is 0 Å². The maximum absolute atomic E-state index is 13.1. The van der Waals surface area contributed by atoms with Gasteiger partial charge in [0, 0.05) is 16.8 Å². The van der Waals surface area contributed by atoms with Gasteiger partial charge in [-0.2, -0.15) is 0 Å². The van der Waals surface area contributed by atoms with Crippen molar-refractivity contribution in [3.05, 3.63) is 71.0 Å². The molecule has 0 atom stereocenters. The normalized spacial score (nSPS) is 15.6. The van der Waals surface area contributed by atoms with Gasteiger partial charge < -0.3 is 5.32 Å². The van der Waals surface area contributed by atoms with E-state index in [2.05, 4.69) is 5.32 Å². The topological polar surface area (TPSA) is 29.1 Å². The third kappa shape index (κ3) is 1.80. The minimum absolute atomic E-state index is 0.117. The molecule has 0 radical (unpaired) electrons. The van der Waals surface area contributed by atoms with Crippen LogP contribution in [0.2, 0.25) is 0 Å². The van der Waals surface area contributed by atoms with Crippen LogP contribution in [0.3, 0.4) is 0 Å². The molecule has 18 heavy (non-hydrogen) atoms. The number of fused-ring (bicyclic) bond motifs is 1. The van der Waals surface area contributed by atoms with Crippen molar-refractivity contribution in [1.29, 1.82) is 0 Å². The molecule has 0 unspecified atom stereocenters. The molecule has 3 heteroatoms. The zero-order chi connectivity index (χ0) is 12.5. The van der Waals surface area contributed by atoms with Crippen molar-refractivity contribution >= 4 is 17.7 Å². The molecule has 1 aliphatic heterocycles. The van der Waals surface area contributed by atoms with Gasteiger partial charge in [0.15, 0.2) is 0 Å². The van der Waals surface area contributed by atoms with E-state index in [9.17, 15) is 9.18 Å². The summed E-state index contributed by atoms with van der Waals surface area (Å²) in [6, 6.07) is 13.6. The Balaban J connectivity index is 2.07. The lowest BCUT2D eigenvalue weighted by atomic mass is 10.1. The molecule has 3 rings (SSSR count). The highest BCUT2D eigenvalue weighted by atomic mass is 19.1. The maximum Gasteiger partial charge on any atom is 0.256 e. The predicted molar refractivity (Wildman–Crippen MR) is 68.2 cm³/mol. The fourth-order valence-corrected chi connectivity index (χ4v) is 2.05. The fraction of sp³-hybridized carbons (Fsp3) is 0. The molecule has 1 aliphatic rings. The molecule has 0 aromatic heterocycles. The smallest absolute Gasteiger partial charge is 0.256 e. The molecule has 88 valence electrons. The number of hydrogen-bond donors (Lipinski definition) is 1. The maximum atomic E-state index is 13.1. The molecule has 0 aliphatic carbocycles. The molecule has 1 amide bonds. The zero-order valence-electron chi connectivity index (χ0n) is 9.48. The molecule has 1 heterocycles. The van der Waals surface area contributed by atoms with E-state index in [4.69, 9.17) is 0 Å². The Hall–Kier alpha value is -2.42. The Labute approximate surface area is 104 Å². The van der Waals surface area contributed by atoms with Crippen molar-refractivity contribution in [2.45, 2.75) is 0 Å². The third-order valence-corrected chi connectivity index (χ3v) is 2.87. The van der Waals surface area contributed by atoms with Gasteiger partial charge in [-0.05, 0) is 29.8 Å². The van der Waals surface area contributed by atoms with Crippen LogP contribution >= 0.6 is 0 Å². The van der Waals surface area contributed by atoms with Crippen molar-refractivity contribution in [3.63, 3.8) is 0 Å². The van der Waals surface area contributed by atoms with E-state index >= 15 is 0 Å². The quantitative estimate of drug-likeness (QED) is 0.814. The molecule has 0 bridgehead atoms. The fourth-order valence-electron chi connectivity index (χ4n) is 2.05. The summed E-state index contributed by atoms with van der Waals surface area (Å²) in [5.41, 5.74) is 2.94. The van der Waals surface area contributed by atoms with Gasteiger partial charge in [0.05, 0.1) is 0 Å². The SMILES string of the molecule is O=C1N/C(=C\c2cccc(F)c2)c2ccccc21. The summed E-state index contributed by atoms with van der Waals surface area (Å²) < 4.78 is 13.1. The Morgan fingerprint density at radius 1 is 1.00 bits per heavy atom. The van der Waals surface area contributed by atoms with Gasteiger partial charge in [-0.3, -0.25) is 4.79 Å². The van der Waals surface area contributed by atoms with Crippen molar-refractivity contribution in [1.82, 2.24) is 5.32 Å². The Kier molecular flexibility index (Phi) is 2.45. The molecule has 2 aromatic rings. The largest absolute Gasteiger partial charge is 0.321 e. The van der Waals surface area contributed by atoms with Gasteiger partial charge in [0.2, 0.25) is 0 Å². The highest BCUT2D eigenvalue weighted by molar-refractivity contribution is 6.11. The van der Waals surface area contributed by atoms with Crippen LogP contribution in [-0.4, -0.2) is 5.91 Å². The van der Waals surface area contributed by atoms with E-state index in [1.54, 1.807) is 24.3 Å². The first-order valence-corrected chi connectivity index (χ1v) is 5.62. The van der Waals surface area contributed by atoms with Crippen LogP contribution in [0, 0.1) is 5.82 Å². The van der Waals surface area contributed by atoms with Gasteiger partial charge in [-0.25, -0.2) is 4.39 Å². The molecule has 2 aromatic carbocycles. The Morgan fingerprint density at radius 3 is 2.56 bits per heavy atom. The molecule has 2 nitrogen and oxygen atoms in total. The van der Waals surface area contributed by atoms with Crippen molar-refractivity contribution < 1.29 is 9.18 Å². The van der Waals surface area contributed by atoms with Crippen molar-refractivity contribution in [3.8, 4) is 0 Å². The second-order valence-corrected chi connectivity index (χ2v) is 4.11. The number of hydrogen-bond acceptors (Lipinski definition) is 1. The van der Waals surface area contributed by atoms with Crippen LogP contribution in [0.5, 0.6) is 0 Å². The van der Waals surface area contributed by atoms with Crippen LogP contribution in [0.4, 0.5) is 4.39 Å². The minimum Gasteiger partial charge on any atom is -0.321 e. The van der Waals surface area contributed by atoms with Gasteiger partial charge in [-0.1, -0.05) is 30.3 Å². The molecule has 0 spiro atoms. The number of benzene rings is 2. The van der Waals surface area contributed by atoms with Gasteiger partial charge in [0.1, 0.15) is 5.82 Å². The molecule has 0 saturated carbocycles. The first kappa shape index (κ1) is 10.7. The number of carbonyl (C=O) groups is 1. The first-order valence-electron chi connectivity index (χ1n) is 5.62. The van der Waals surface area contributed by atoms with E-state index in [0.717, 1.165) is 11.1 Å². The number of nitrogens with one attached hydrogen (secondary N) is 1. The summed E-state index contributed by atoms with van der Waals surface area (Å²) in [5, 5.41) is 2.79. The molecular formula is C15H10FNO. The van der Waals surface area contributed by atoms with Gasteiger partial charge in [0.25, 0.3) is 5.91 Å². The number of amides is 1. The first-order chi connectivity index (χ1) is 8.74. The van der Waals surface area contributed by atoms with E-state index in [1.165, 1.54) is 12.1 Å². The minimum atomic E-state index is -0.290. The van der Waals surface area contributed by atoms with Gasteiger partial charge >= 0.3 is 0 Å². The molecular weight excluding hydrogens is 229 g/mol. The van der Waals surface area contributed by atoms with Crippen LogP contribution in [-0.2, 0) is 0 Å². The predicted octanol–water partition coefficient (Wildman–Crippen LogP) is 3.07. The summed E-state index contributed by atoms with van der Waals surface area (Å²) in [7, 11) is 0. The molecule has 0 fully saturated rings. The summed E-state index contributed by atoms with van der Waals surface area (Å²) in [6.45, 7) is 0. The van der Waals surface area contributed by atoms with Crippen molar-refractivity contribution in [2.24, 2.45) is 0 Å². The van der Waals surface area contributed by atoms with E-state index in [1.807, 2.05) is 18.2 Å². The van der Waals surface area contributed by atoms with Crippen LogP contribution < -0.4 is 5.32 Å². The zero-order valence-corrected chi connectivity index (χ0v) is 9.48. The average Bonchev–Trinajstić information content (AvgIpc) is 2.67. The highest BCUT2D eigenvalue weighted by Gasteiger charge is 2.22. The summed E-state index contributed by atoms with van der Waals surface area (Å²) >= 11 is 0. The summed E-state index contributed by atoms with van der Waals surface area (Å²) in [5.74, 6) is -0.407. The lowest BCUT2D eigenvalue weighted by Gasteiger charge is -2.00. The van der Waals surface area contributed by atoms with Crippen molar-refractivity contribution in [2.75, 3.05) is 0 Å². The Bertz CT molecular complexity index is 661. The summed E-state index contributed by atoms with van der Waals surface area (Å²) in [6.07, 6.45) is 1.77. The van der Waals surface area contributed by atoms with Gasteiger partial charge in [-0.15, -0.1) is 0 Å². The second kappa shape index (κ2) is 4.11. The third-order valence-electron chi connectivity index (χ3n) is 2.87. The Morgan fingerprint density at radius 2 is 1.78 bits per heavy atom.